The van der Waals surface area contributed by atoms with Gasteiger partial charge in [0.25, 0.3) is 0 Å². The van der Waals surface area contributed by atoms with Crippen LogP contribution in [0.15, 0.2) is 12.1 Å². The lowest BCUT2D eigenvalue weighted by Crippen LogP contribution is -2.35. The molecule has 0 aromatic carbocycles. The zero-order valence-electron chi connectivity index (χ0n) is 11.1. The van der Waals surface area contributed by atoms with Crippen molar-refractivity contribution in [2.45, 2.75) is 38.8 Å². The van der Waals surface area contributed by atoms with Crippen LogP contribution in [0.5, 0.6) is 5.88 Å². The molecule has 100 valence electrons. The number of hydrogen-bond acceptors (Lipinski definition) is 5. The summed E-state index contributed by atoms with van der Waals surface area (Å²) < 4.78 is 5.58. The van der Waals surface area contributed by atoms with E-state index in [2.05, 4.69) is 15.6 Å². The molecule has 2 heterocycles. The van der Waals surface area contributed by atoms with Crippen molar-refractivity contribution in [1.82, 2.24) is 10.3 Å². The number of hydrogen-bond donors (Lipinski definition) is 3. The Labute approximate surface area is 108 Å². The Balaban J connectivity index is 2.05. The van der Waals surface area contributed by atoms with E-state index in [1.807, 2.05) is 26.0 Å². The fraction of sp³-hybridized carbons (Fsp3) is 0.615. The van der Waals surface area contributed by atoms with E-state index in [4.69, 9.17) is 10.5 Å². The third-order valence-electron chi connectivity index (χ3n) is 2.94. The van der Waals surface area contributed by atoms with Gasteiger partial charge in [-0.25, -0.2) is 0 Å². The molecular weight excluding hydrogens is 228 g/mol. The van der Waals surface area contributed by atoms with Crippen molar-refractivity contribution < 1.29 is 4.74 Å². The number of aromatic nitrogens is 1. The first-order chi connectivity index (χ1) is 8.65. The number of anilines is 2. The van der Waals surface area contributed by atoms with E-state index >= 15 is 0 Å². The first-order valence-electron chi connectivity index (χ1n) is 6.55. The molecule has 1 fully saturated rings. The van der Waals surface area contributed by atoms with Crippen LogP contribution < -0.4 is 21.1 Å². The molecule has 1 aromatic rings. The second kappa shape index (κ2) is 5.91. The highest BCUT2D eigenvalue weighted by molar-refractivity contribution is 5.62. The predicted octanol–water partition coefficient (Wildman–Crippen LogP) is 1.61. The maximum absolute atomic E-state index is 5.94. The third-order valence-corrected chi connectivity index (χ3v) is 2.94. The summed E-state index contributed by atoms with van der Waals surface area (Å²) in [6.07, 6.45) is 2.31. The minimum Gasteiger partial charge on any atom is -0.475 e. The number of nitrogens with one attached hydrogen (secondary N) is 2. The van der Waals surface area contributed by atoms with Gasteiger partial charge in [-0.2, -0.15) is 4.98 Å². The molecule has 0 bridgehead atoms. The smallest absolute Gasteiger partial charge is 0.215 e. The summed E-state index contributed by atoms with van der Waals surface area (Å²) in [6, 6.07) is 4.09. The molecule has 5 nitrogen and oxygen atoms in total. The number of nitrogen functional groups attached to an aromatic ring is 1. The average molecular weight is 250 g/mol. The Morgan fingerprint density at radius 3 is 2.78 bits per heavy atom. The van der Waals surface area contributed by atoms with Gasteiger partial charge >= 0.3 is 0 Å². The van der Waals surface area contributed by atoms with E-state index in [9.17, 15) is 0 Å². The molecule has 4 N–H and O–H groups in total. The minimum atomic E-state index is 0.118. The molecular formula is C13H22N4O. The van der Waals surface area contributed by atoms with Crippen LogP contribution in [-0.4, -0.2) is 30.2 Å². The summed E-state index contributed by atoms with van der Waals surface area (Å²) in [4.78, 5) is 4.43. The first-order valence-corrected chi connectivity index (χ1v) is 6.55. The van der Waals surface area contributed by atoms with Crippen molar-refractivity contribution in [2.75, 3.05) is 24.1 Å². The van der Waals surface area contributed by atoms with Gasteiger partial charge in [-0.15, -0.1) is 0 Å². The van der Waals surface area contributed by atoms with Crippen molar-refractivity contribution >= 4 is 11.5 Å². The van der Waals surface area contributed by atoms with E-state index in [-0.39, 0.29) is 6.10 Å². The normalized spacial score (nSPS) is 16.8. The van der Waals surface area contributed by atoms with Crippen molar-refractivity contribution in [2.24, 2.45) is 0 Å². The minimum absolute atomic E-state index is 0.118. The summed E-state index contributed by atoms with van der Waals surface area (Å²) in [5.74, 6) is 1.36. The van der Waals surface area contributed by atoms with E-state index in [0.717, 1.165) is 31.7 Å². The molecule has 5 heteroatoms. The van der Waals surface area contributed by atoms with Gasteiger partial charge in [0.1, 0.15) is 0 Å². The van der Waals surface area contributed by atoms with Crippen LogP contribution in [0.3, 0.4) is 0 Å². The zero-order valence-corrected chi connectivity index (χ0v) is 11.1. The van der Waals surface area contributed by atoms with E-state index in [1.54, 1.807) is 0 Å². The quantitative estimate of drug-likeness (QED) is 0.757. The monoisotopic (exact) mass is 250 g/mol. The fourth-order valence-electron chi connectivity index (χ4n) is 2.03. The van der Waals surface area contributed by atoms with Crippen molar-refractivity contribution in [3.8, 4) is 5.88 Å². The van der Waals surface area contributed by atoms with Crippen molar-refractivity contribution in [1.29, 1.82) is 0 Å². The summed E-state index contributed by atoms with van der Waals surface area (Å²) in [6.45, 7) is 6.05. The molecule has 0 radical (unpaired) electrons. The Kier molecular flexibility index (Phi) is 4.25. The highest BCUT2D eigenvalue weighted by Gasteiger charge is 2.15. The molecule has 1 aliphatic rings. The summed E-state index contributed by atoms with van der Waals surface area (Å²) in [7, 11) is 0. The first kappa shape index (κ1) is 13.0. The van der Waals surface area contributed by atoms with Crippen LogP contribution in [0, 0.1) is 0 Å². The maximum atomic E-state index is 5.94. The van der Waals surface area contributed by atoms with Crippen LogP contribution in [0.1, 0.15) is 26.7 Å². The Bertz CT molecular complexity index is 389. The molecule has 1 saturated heterocycles. The Hall–Kier alpha value is -1.49. The van der Waals surface area contributed by atoms with Crippen LogP contribution in [0.2, 0.25) is 0 Å². The molecule has 1 aromatic heterocycles. The van der Waals surface area contributed by atoms with Gasteiger partial charge in [0, 0.05) is 12.1 Å². The Morgan fingerprint density at radius 1 is 1.39 bits per heavy atom. The number of nitrogens with two attached hydrogens (primary N) is 1. The van der Waals surface area contributed by atoms with Gasteiger partial charge < -0.3 is 21.1 Å². The number of piperidine rings is 1. The highest BCUT2D eigenvalue weighted by atomic mass is 16.5. The van der Waals surface area contributed by atoms with Crippen LogP contribution in [0.4, 0.5) is 11.5 Å². The molecule has 0 aliphatic carbocycles. The van der Waals surface area contributed by atoms with E-state index < -0.39 is 0 Å². The standard InChI is InChI=1S/C13H22N4O/c1-9(2)18-12-4-3-11(14)13(17-12)16-10-5-7-15-8-6-10/h3-4,9-10,15H,5-8,14H2,1-2H3,(H,16,17). The highest BCUT2D eigenvalue weighted by Crippen LogP contribution is 2.22. The second-order valence-electron chi connectivity index (χ2n) is 4.92. The fourth-order valence-corrected chi connectivity index (χ4v) is 2.03. The van der Waals surface area contributed by atoms with Crippen LogP contribution in [-0.2, 0) is 0 Å². The van der Waals surface area contributed by atoms with E-state index in [0.29, 0.717) is 17.6 Å². The second-order valence-corrected chi connectivity index (χ2v) is 4.92. The average Bonchev–Trinajstić information content (AvgIpc) is 2.34. The largest absolute Gasteiger partial charge is 0.475 e. The zero-order chi connectivity index (χ0) is 13.0. The molecule has 0 amide bonds. The number of nitrogens with zero attached hydrogens (tertiary/aromatic N) is 1. The van der Waals surface area contributed by atoms with Gasteiger partial charge in [-0.3, -0.25) is 0 Å². The third kappa shape index (κ3) is 3.50. The molecule has 0 unspecified atom stereocenters. The molecule has 0 saturated carbocycles. The lowest BCUT2D eigenvalue weighted by molar-refractivity contribution is 0.233. The Morgan fingerprint density at radius 2 is 2.11 bits per heavy atom. The van der Waals surface area contributed by atoms with Gasteiger partial charge in [0.05, 0.1) is 11.8 Å². The van der Waals surface area contributed by atoms with Crippen LogP contribution >= 0.6 is 0 Å². The number of pyridine rings is 1. The van der Waals surface area contributed by atoms with Crippen LogP contribution in [0.25, 0.3) is 0 Å². The molecule has 0 atom stereocenters. The lowest BCUT2D eigenvalue weighted by Gasteiger charge is -2.25. The van der Waals surface area contributed by atoms with Gasteiger partial charge in [-0.1, -0.05) is 0 Å². The topological polar surface area (TPSA) is 72.2 Å². The molecule has 1 aliphatic heterocycles. The van der Waals surface area contributed by atoms with Gasteiger partial charge in [-0.05, 0) is 45.8 Å². The number of ether oxygens (including phenoxy) is 1. The lowest BCUT2D eigenvalue weighted by atomic mass is 10.1. The van der Waals surface area contributed by atoms with Crippen molar-refractivity contribution in [3.63, 3.8) is 0 Å². The maximum Gasteiger partial charge on any atom is 0.215 e. The van der Waals surface area contributed by atoms with Crippen molar-refractivity contribution in [3.05, 3.63) is 12.1 Å². The molecule has 0 spiro atoms. The predicted molar refractivity (Wildman–Crippen MR) is 73.9 cm³/mol. The van der Waals surface area contributed by atoms with Gasteiger partial charge in [0.2, 0.25) is 5.88 Å². The van der Waals surface area contributed by atoms with Gasteiger partial charge in [0.15, 0.2) is 5.82 Å². The van der Waals surface area contributed by atoms with E-state index in [1.165, 1.54) is 0 Å². The SMILES string of the molecule is CC(C)Oc1ccc(N)c(NC2CCNCC2)n1. The molecule has 18 heavy (non-hydrogen) atoms. The summed E-state index contributed by atoms with van der Waals surface area (Å²) in [5.41, 5.74) is 6.61. The molecule has 2 rings (SSSR count). The summed E-state index contributed by atoms with van der Waals surface area (Å²) >= 11 is 0. The summed E-state index contributed by atoms with van der Waals surface area (Å²) in [5, 5.41) is 6.74. The number of rotatable bonds is 4.